The highest BCUT2D eigenvalue weighted by Crippen LogP contribution is 2.40. The van der Waals surface area contributed by atoms with Crippen molar-refractivity contribution in [3.05, 3.63) is 86.7 Å². The van der Waals surface area contributed by atoms with E-state index in [4.69, 9.17) is 24.7 Å². The van der Waals surface area contributed by atoms with Gasteiger partial charge in [0.25, 0.3) is 5.69 Å². The van der Waals surface area contributed by atoms with E-state index in [0.717, 1.165) is 7.11 Å². The highest BCUT2D eigenvalue weighted by Gasteiger charge is 2.39. The van der Waals surface area contributed by atoms with Gasteiger partial charge in [-0.05, 0) is 42.7 Å². The summed E-state index contributed by atoms with van der Waals surface area (Å²) in [6, 6.07) is 13.5. The van der Waals surface area contributed by atoms with Crippen molar-refractivity contribution < 1.29 is 38.6 Å². The standard InChI is InChI=1S/C30H34N4O9/c1-17(2)28(32)24(35)16-43-22-10-8-21(9-11-22)41-12-13-42-30(37)25-18(3)33-23(15-31)27(29(36)40-4)26(25)19-6-5-7-20(14-19)34(38)39/h5-11,14,17,24,26,28,33,35H,12-13,16,32H2,1-4H3. The maximum Gasteiger partial charge on any atom is 0.337 e. The molecule has 4 N–H and O–H groups in total. The number of nitrogens with one attached hydrogen (secondary N) is 1. The minimum absolute atomic E-state index is 0.0132. The van der Waals surface area contributed by atoms with Crippen LogP contribution in [0.3, 0.4) is 0 Å². The topological polar surface area (TPSA) is 196 Å². The number of carbonyl (C=O) groups is 2. The summed E-state index contributed by atoms with van der Waals surface area (Å²) >= 11 is 0. The van der Waals surface area contributed by atoms with Crippen molar-refractivity contribution in [2.24, 2.45) is 11.7 Å². The molecular weight excluding hydrogens is 560 g/mol. The van der Waals surface area contributed by atoms with Crippen LogP contribution in [0.5, 0.6) is 11.5 Å². The second kappa shape index (κ2) is 14.8. The molecule has 1 aliphatic heterocycles. The Labute approximate surface area is 248 Å². The average Bonchev–Trinajstić information content (AvgIpc) is 3.00. The first kappa shape index (κ1) is 32.6. The molecule has 0 spiro atoms. The summed E-state index contributed by atoms with van der Waals surface area (Å²) < 4.78 is 21.6. The Balaban J connectivity index is 1.69. The molecule has 1 aliphatic rings. The molecule has 3 rings (SSSR count). The van der Waals surface area contributed by atoms with Crippen molar-refractivity contribution in [2.45, 2.75) is 38.8 Å². The molecule has 0 aliphatic carbocycles. The Morgan fingerprint density at radius 1 is 1.09 bits per heavy atom. The number of nitrogens with zero attached hydrogens (tertiary/aromatic N) is 2. The number of methoxy groups -OCH3 is 1. The fourth-order valence-electron chi connectivity index (χ4n) is 4.41. The molecule has 43 heavy (non-hydrogen) atoms. The molecule has 13 heteroatoms. The van der Waals surface area contributed by atoms with Gasteiger partial charge in [-0.15, -0.1) is 0 Å². The van der Waals surface area contributed by atoms with Crippen molar-refractivity contribution in [3.8, 4) is 17.6 Å². The highest BCUT2D eigenvalue weighted by molar-refractivity contribution is 6.00. The van der Waals surface area contributed by atoms with Crippen LogP contribution < -0.4 is 20.5 Å². The summed E-state index contributed by atoms with van der Waals surface area (Å²) in [5.74, 6) is -1.78. The van der Waals surface area contributed by atoms with Gasteiger partial charge in [-0.25, -0.2) is 9.59 Å². The van der Waals surface area contributed by atoms with E-state index in [9.17, 15) is 30.1 Å². The molecule has 1 heterocycles. The first-order valence-corrected chi connectivity index (χ1v) is 13.4. The van der Waals surface area contributed by atoms with Gasteiger partial charge in [0.1, 0.15) is 49.2 Å². The lowest BCUT2D eigenvalue weighted by Crippen LogP contribution is -2.42. The molecule has 0 fully saturated rings. The molecule has 0 radical (unpaired) electrons. The van der Waals surface area contributed by atoms with Gasteiger partial charge in [0.05, 0.1) is 29.1 Å². The van der Waals surface area contributed by atoms with Crippen LogP contribution in [-0.4, -0.2) is 61.0 Å². The second-order valence-corrected chi connectivity index (χ2v) is 10.00. The molecule has 0 bridgehead atoms. The number of nitrogens with two attached hydrogens (primary N) is 1. The number of hydrogen-bond donors (Lipinski definition) is 3. The minimum Gasteiger partial charge on any atom is -0.491 e. The fourth-order valence-corrected chi connectivity index (χ4v) is 4.41. The van der Waals surface area contributed by atoms with Crippen molar-refractivity contribution in [2.75, 3.05) is 26.9 Å². The minimum atomic E-state index is -1.17. The summed E-state index contributed by atoms with van der Waals surface area (Å²) in [4.78, 5) is 36.9. The normalized spacial score (nSPS) is 16.1. The molecule has 3 atom stereocenters. The molecule has 0 saturated carbocycles. The maximum absolute atomic E-state index is 13.3. The molecule has 0 aromatic heterocycles. The van der Waals surface area contributed by atoms with E-state index in [0.29, 0.717) is 11.5 Å². The van der Waals surface area contributed by atoms with Crippen LogP contribution in [0.1, 0.15) is 32.3 Å². The molecule has 0 amide bonds. The van der Waals surface area contributed by atoms with Gasteiger partial charge in [0.2, 0.25) is 0 Å². The van der Waals surface area contributed by atoms with E-state index in [2.05, 4.69) is 5.32 Å². The Bertz CT molecular complexity index is 1440. The van der Waals surface area contributed by atoms with Gasteiger partial charge in [-0.1, -0.05) is 26.0 Å². The number of aliphatic hydroxyl groups is 1. The fraction of sp³-hybridized carbons (Fsp3) is 0.367. The Kier molecular flexibility index (Phi) is 11.2. The Morgan fingerprint density at radius 2 is 1.74 bits per heavy atom. The SMILES string of the molecule is COC(=O)C1=C(C#N)NC(C)=C(C(=O)OCCOc2ccc(OCC(O)C(N)C(C)C)cc2)C1c1cccc([N+](=O)[O-])c1. The van der Waals surface area contributed by atoms with Gasteiger partial charge in [0.15, 0.2) is 0 Å². The number of esters is 2. The van der Waals surface area contributed by atoms with E-state index in [1.165, 1.54) is 31.2 Å². The first-order valence-electron chi connectivity index (χ1n) is 13.4. The summed E-state index contributed by atoms with van der Waals surface area (Å²) in [6.45, 7) is 5.22. The number of benzene rings is 2. The second-order valence-electron chi connectivity index (χ2n) is 10.00. The lowest BCUT2D eigenvalue weighted by molar-refractivity contribution is -0.384. The number of aliphatic hydroxyl groups excluding tert-OH is 1. The largest absolute Gasteiger partial charge is 0.491 e. The van der Waals surface area contributed by atoms with E-state index in [1.807, 2.05) is 19.9 Å². The van der Waals surface area contributed by atoms with Crippen LogP contribution >= 0.6 is 0 Å². The van der Waals surface area contributed by atoms with Gasteiger partial charge in [-0.2, -0.15) is 5.26 Å². The van der Waals surface area contributed by atoms with Crippen molar-refractivity contribution >= 4 is 17.6 Å². The molecule has 0 saturated heterocycles. The third-order valence-electron chi connectivity index (χ3n) is 6.76. The zero-order valence-electron chi connectivity index (χ0n) is 24.2. The molecule has 3 unspecified atom stereocenters. The van der Waals surface area contributed by atoms with Crippen LogP contribution in [-0.2, 0) is 19.1 Å². The summed E-state index contributed by atoms with van der Waals surface area (Å²) in [5.41, 5.74) is 5.80. The number of nitro benzene ring substituents is 1. The number of nitriles is 1. The predicted octanol–water partition coefficient (Wildman–Crippen LogP) is 2.85. The van der Waals surface area contributed by atoms with Crippen molar-refractivity contribution in [1.29, 1.82) is 5.26 Å². The zero-order chi connectivity index (χ0) is 31.7. The third kappa shape index (κ3) is 8.09. The van der Waals surface area contributed by atoms with Gasteiger partial charge in [-0.3, -0.25) is 10.1 Å². The molecule has 2 aromatic rings. The van der Waals surface area contributed by atoms with E-state index >= 15 is 0 Å². The lowest BCUT2D eigenvalue weighted by Gasteiger charge is -2.29. The molecular formula is C30H34N4O9. The highest BCUT2D eigenvalue weighted by atomic mass is 16.6. The molecule has 13 nitrogen and oxygen atoms in total. The molecule has 2 aromatic carbocycles. The average molecular weight is 595 g/mol. The maximum atomic E-state index is 13.3. The number of ether oxygens (including phenoxy) is 4. The number of dihydropyridines is 1. The number of nitro groups is 1. The number of rotatable bonds is 13. The Morgan fingerprint density at radius 3 is 2.33 bits per heavy atom. The molecule has 228 valence electrons. The predicted molar refractivity (Wildman–Crippen MR) is 154 cm³/mol. The number of allylic oxidation sites excluding steroid dienone is 2. The van der Waals surface area contributed by atoms with Gasteiger partial charge >= 0.3 is 11.9 Å². The van der Waals surface area contributed by atoms with E-state index in [1.54, 1.807) is 24.3 Å². The quantitative estimate of drug-likeness (QED) is 0.133. The third-order valence-corrected chi connectivity index (χ3v) is 6.76. The van der Waals surface area contributed by atoms with Crippen molar-refractivity contribution in [3.63, 3.8) is 0 Å². The van der Waals surface area contributed by atoms with Crippen molar-refractivity contribution in [1.82, 2.24) is 5.32 Å². The number of hydrogen-bond acceptors (Lipinski definition) is 12. The van der Waals surface area contributed by atoms with Crippen LogP contribution in [0.4, 0.5) is 5.69 Å². The van der Waals surface area contributed by atoms with Gasteiger partial charge < -0.3 is 35.1 Å². The summed E-state index contributed by atoms with van der Waals surface area (Å²) in [6.07, 6.45) is -0.814. The van der Waals surface area contributed by atoms with Crippen LogP contribution in [0.15, 0.2) is 71.1 Å². The zero-order valence-corrected chi connectivity index (χ0v) is 24.2. The lowest BCUT2D eigenvalue weighted by atomic mass is 9.80. The monoisotopic (exact) mass is 594 g/mol. The van der Waals surface area contributed by atoms with E-state index < -0.39 is 34.9 Å². The smallest absolute Gasteiger partial charge is 0.337 e. The van der Waals surface area contributed by atoms with Crippen LogP contribution in [0, 0.1) is 27.4 Å². The van der Waals surface area contributed by atoms with E-state index in [-0.39, 0.29) is 59.5 Å². The Hall–Kier alpha value is -4.93. The van der Waals surface area contributed by atoms with Gasteiger partial charge in [0, 0.05) is 23.9 Å². The summed E-state index contributed by atoms with van der Waals surface area (Å²) in [7, 11) is 1.12. The number of carbonyl (C=O) groups excluding carboxylic acids is 2. The van der Waals surface area contributed by atoms with Crippen LogP contribution in [0.25, 0.3) is 0 Å². The summed E-state index contributed by atoms with van der Waals surface area (Å²) in [5, 5.41) is 34.0. The number of non-ortho nitro benzene ring substituents is 1. The first-order chi connectivity index (χ1) is 20.5. The van der Waals surface area contributed by atoms with Crippen LogP contribution in [0.2, 0.25) is 0 Å².